The van der Waals surface area contributed by atoms with Crippen LogP contribution in [-0.2, 0) is 11.3 Å². The Kier molecular flexibility index (Phi) is 12.1. The average Bonchev–Trinajstić information content (AvgIpc) is 2.58. The molecule has 0 aromatic heterocycles. The topological polar surface area (TPSA) is 73.3 Å². The van der Waals surface area contributed by atoms with E-state index in [2.05, 4.69) is 15.6 Å². The predicted octanol–water partition coefficient (Wildman–Crippen LogP) is 2.42. The smallest absolute Gasteiger partial charge is 0.203 e. The predicted molar refractivity (Wildman–Crippen MR) is 111 cm³/mol. The molecule has 0 saturated carbocycles. The largest absolute Gasteiger partial charge is 0.493 e. The van der Waals surface area contributed by atoms with Gasteiger partial charge in [-0.05, 0) is 26.0 Å². The molecular formula is C17H30IN3O4. The van der Waals surface area contributed by atoms with Crippen LogP contribution in [0, 0.1) is 0 Å². The Morgan fingerprint density at radius 3 is 2.28 bits per heavy atom. The number of methoxy groups -OCH3 is 4. The van der Waals surface area contributed by atoms with Gasteiger partial charge in [-0.3, -0.25) is 0 Å². The molecule has 0 aliphatic rings. The highest BCUT2D eigenvalue weighted by molar-refractivity contribution is 14.0. The summed E-state index contributed by atoms with van der Waals surface area (Å²) in [4.78, 5) is 4.61. The molecule has 0 heterocycles. The van der Waals surface area contributed by atoms with Gasteiger partial charge in [0.05, 0.1) is 34.5 Å². The molecule has 0 bridgehead atoms. The van der Waals surface area contributed by atoms with Crippen LogP contribution in [-0.4, -0.2) is 53.6 Å². The molecule has 7 nitrogen and oxygen atoms in total. The molecule has 25 heavy (non-hydrogen) atoms. The fourth-order valence-corrected chi connectivity index (χ4v) is 2.30. The first-order valence-corrected chi connectivity index (χ1v) is 7.92. The van der Waals surface area contributed by atoms with Gasteiger partial charge in [0.25, 0.3) is 0 Å². The standard InChI is InChI=1S/C17H29N3O4.HI/c1-7-18-17(20-12(2)11-21-3)19-10-13-8-9-14(22-4)16(24-6)15(13)23-5;/h8-9,12H,7,10-11H2,1-6H3,(H2,18,19,20);1H. The van der Waals surface area contributed by atoms with Gasteiger partial charge in [-0.2, -0.15) is 0 Å². The number of aliphatic imine (C=N–C) groups is 1. The maximum atomic E-state index is 5.49. The van der Waals surface area contributed by atoms with Crippen molar-refractivity contribution in [1.82, 2.24) is 10.6 Å². The van der Waals surface area contributed by atoms with E-state index in [-0.39, 0.29) is 30.0 Å². The van der Waals surface area contributed by atoms with E-state index in [0.717, 1.165) is 18.1 Å². The number of halogens is 1. The van der Waals surface area contributed by atoms with Crippen LogP contribution in [0.1, 0.15) is 19.4 Å². The van der Waals surface area contributed by atoms with E-state index < -0.39 is 0 Å². The zero-order valence-corrected chi connectivity index (χ0v) is 18.2. The summed E-state index contributed by atoms with van der Waals surface area (Å²) in [6.45, 7) is 5.87. The Morgan fingerprint density at radius 2 is 1.76 bits per heavy atom. The molecule has 1 atom stereocenters. The van der Waals surface area contributed by atoms with Crippen molar-refractivity contribution in [2.75, 3.05) is 41.6 Å². The Hall–Kier alpha value is -1.42. The minimum absolute atomic E-state index is 0. The second kappa shape index (κ2) is 12.9. The zero-order valence-electron chi connectivity index (χ0n) is 15.8. The Morgan fingerprint density at radius 1 is 1.08 bits per heavy atom. The van der Waals surface area contributed by atoms with Crippen molar-refractivity contribution in [3.63, 3.8) is 0 Å². The molecule has 8 heteroatoms. The molecule has 0 amide bonds. The Bertz CT molecular complexity index is 541. The molecule has 1 aromatic rings. The van der Waals surface area contributed by atoms with E-state index in [0.29, 0.717) is 30.4 Å². The van der Waals surface area contributed by atoms with Crippen molar-refractivity contribution in [2.24, 2.45) is 4.99 Å². The van der Waals surface area contributed by atoms with E-state index in [4.69, 9.17) is 18.9 Å². The van der Waals surface area contributed by atoms with Crippen LogP contribution in [0.4, 0.5) is 0 Å². The van der Waals surface area contributed by atoms with Gasteiger partial charge in [0, 0.05) is 25.3 Å². The molecule has 144 valence electrons. The molecule has 1 rings (SSSR count). The summed E-state index contributed by atoms with van der Waals surface area (Å²) in [6, 6.07) is 3.92. The van der Waals surface area contributed by atoms with E-state index in [1.807, 2.05) is 26.0 Å². The number of hydrogen-bond acceptors (Lipinski definition) is 5. The van der Waals surface area contributed by atoms with E-state index in [1.54, 1.807) is 28.4 Å². The lowest BCUT2D eigenvalue weighted by atomic mass is 10.1. The SMILES string of the molecule is CCNC(=NCc1ccc(OC)c(OC)c1OC)NC(C)COC.I. The molecule has 0 fully saturated rings. The van der Waals surface area contributed by atoms with Gasteiger partial charge < -0.3 is 29.6 Å². The molecule has 0 spiro atoms. The van der Waals surface area contributed by atoms with Gasteiger partial charge in [-0.25, -0.2) is 4.99 Å². The van der Waals surface area contributed by atoms with Gasteiger partial charge in [-0.15, -0.1) is 24.0 Å². The van der Waals surface area contributed by atoms with Gasteiger partial charge in [0.1, 0.15) is 0 Å². The molecular weight excluding hydrogens is 437 g/mol. The van der Waals surface area contributed by atoms with Crippen LogP contribution in [0.25, 0.3) is 0 Å². The molecule has 1 unspecified atom stereocenters. The molecule has 0 radical (unpaired) electrons. The van der Waals surface area contributed by atoms with Gasteiger partial charge in [-0.1, -0.05) is 0 Å². The van der Waals surface area contributed by atoms with Gasteiger partial charge in [0.15, 0.2) is 17.5 Å². The summed E-state index contributed by atoms with van der Waals surface area (Å²) in [7, 11) is 6.47. The minimum atomic E-state index is 0. The van der Waals surface area contributed by atoms with Gasteiger partial charge >= 0.3 is 0 Å². The maximum Gasteiger partial charge on any atom is 0.203 e. The fourth-order valence-electron chi connectivity index (χ4n) is 2.30. The molecule has 0 aliphatic carbocycles. The summed E-state index contributed by atoms with van der Waals surface area (Å²) in [5, 5.41) is 6.51. The number of ether oxygens (including phenoxy) is 4. The summed E-state index contributed by atoms with van der Waals surface area (Å²) in [6.07, 6.45) is 0. The van der Waals surface area contributed by atoms with Crippen molar-refractivity contribution < 1.29 is 18.9 Å². The van der Waals surface area contributed by atoms with Crippen molar-refractivity contribution in [3.05, 3.63) is 17.7 Å². The van der Waals surface area contributed by atoms with Crippen LogP contribution in [0.15, 0.2) is 17.1 Å². The normalized spacial score (nSPS) is 12.0. The number of rotatable bonds is 9. The third-order valence-electron chi connectivity index (χ3n) is 3.34. The van der Waals surface area contributed by atoms with Crippen LogP contribution < -0.4 is 24.8 Å². The van der Waals surface area contributed by atoms with E-state index in [9.17, 15) is 0 Å². The summed E-state index contributed by atoms with van der Waals surface area (Å²) in [5.41, 5.74) is 0.909. The highest BCUT2D eigenvalue weighted by Gasteiger charge is 2.15. The first kappa shape index (κ1) is 23.6. The summed E-state index contributed by atoms with van der Waals surface area (Å²) >= 11 is 0. The highest BCUT2D eigenvalue weighted by atomic mass is 127. The Labute approximate surface area is 167 Å². The first-order chi connectivity index (χ1) is 11.6. The van der Waals surface area contributed by atoms with E-state index >= 15 is 0 Å². The third kappa shape index (κ3) is 7.15. The van der Waals surface area contributed by atoms with Gasteiger partial charge in [0.2, 0.25) is 5.75 Å². The maximum absolute atomic E-state index is 5.49. The lowest BCUT2D eigenvalue weighted by molar-refractivity contribution is 0.179. The average molecular weight is 467 g/mol. The van der Waals surface area contributed by atoms with Crippen LogP contribution in [0.2, 0.25) is 0 Å². The van der Waals surface area contributed by atoms with Crippen molar-refractivity contribution in [1.29, 1.82) is 0 Å². The minimum Gasteiger partial charge on any atom is -0.493 e. The van der Waals surface area contributed by atoms with Crippen molar-refractivity contribution in [2.45, 2.75) is 26.4 Å². The van der Waals surface area contributed by atoms with Crippen LogP contribution in [0.5, 0.6) is 17.2 Å². The Balaban J connectivity index is 0.00000576. The fraction of sp³-hybridized carbons (Fsp3) is 0.588. The molecule has 0 aliphatic heterocycles. The number of benzene rings is 1. The highest BCUT2D eigenvalue weighted by Crippen LogP contribution is 2.39. The second-order valence-electron chi connectivity index (χ2n) is 5.19. The summed E-state index contributed by atoms with van der Waals surface area (Å²) in [5.74, 6) is 2.54. The lowest BCUT2D eigenvalue weighted by Crippen LogP contribution is -2.43. The van der Waals surface area contributed by atoms with E-state index in [1.165, 1.54) is 0 Å². The third-order valence-corrected chi connectivity index (χ3v) is 3.34. The monoisotopic (exact) mass is 467 g/mol. The first-order valence-electron chi connectivity index (χ1n) is 7.92. The quantitative estimate of drug-likeness (QED) is 0.330. The number of hydrogen-bond donors (Lipinski definition) is 2. The summed E-state index contributed by atoms with van der Waals surface area (Å²) < 4.78 is 21.3. The van der Waals surface area contributed by atoms with Crippen molar-refractivity contribution >= 4 is 29.9 Å². The zero-order chi connectivity index (χ0) is 17.9. The molecule has 1 aromatic carbocycles. The lowest BCUT2D eigenvalue weighted by Gasteiger charge is -2.18. The molecule has 2 N–H and O–H groups in total. The second-order valence-corrected chi connectivity index (χ2v) is 5.19. The number of nitrogens with zero attached hydrogens (tertiary/aromatic N) is 1. The molecule has 0 saturated heterocycles. The van der Waals surface area contributed by atoms with Crippen molar-refractivity contribution in [3.8, 4) is 17.2 Å². The van der Waals surface area contributed by atoms with Crippen LogP contribution >= 0.6 is 24.0 Å². The number of nitrogens with one attached hydrogen (secondary N) is 2. The number of guanidine groups is 1. The van der Waals surface area contributed by atoms with Crippen LogP contribution in [0.3, 0.4) is 0 Å².